The molecule has 0 aliphatic heterocycles. The van der Waals surface area contributed by atoms with Crippen LogP contribution in [0.3, 0.4) is 0 Å². The van der Waals surface area contributed by atoms with Gasteiger partial charge in [0.2, 0.25) is 0 Å². The summed E-state index contributed by atoms with van der Waals surface area (Å²) in [6, 6.07) is 3.89. The smallest absolute Gasteiger partial charge is 0.251 e. The van der Waals surface area contributed by atoms with Crippen LogP contribution >= 0.6 is 0 Å². The molecule has 1 aromatic carbocycles. The van der Waals surface area contributed by atoms with Crippen LogP contribution in [0.5, 0.6) is 0 Å². The second kappa shape index (κ2) is 4.02. The number of anilines is 1. The van der Waals surface area contributed by atoms with E-state index >= 15 is 0 Å². The van der Waals surface area contributed by atoms with Gasteiger partial charge in [0, 0.05) is 16.8 Å². The predicted molar refractivity (Wildman–Crippen MR) is 65.1 cm³/mol. The van der Waals surface area contributed by atoms with Crippen LogP contribution < -0.4 is 11.1 Å². The van der Waals surface area contributed by atoms with Gasteiger partial charge in [-0.3, -0.25) is 4.79 Å². The minimum absolute atomic E-state index is 0.238. The highest BCUT2D eigenvalue weighted by molar-refractivity contribution is 5.95. The number of hydrogen-bond acceptors (Lipinski definition) is 2. The summed E-state index contributed by atoms with van der Waals surface area (Å²) in [6.45, 7) is 3.98. The Labute approximate surface area is 100 Å². The van der Waals surface area contributed by atoms with Crippen molar-refractivity contribution in [3.8, 4) is 0 Å². The Bertz CT molecular complexity index is 432. The Kier molecular flexibility index (Phi) is 2.81. The second-order valence-corrected chi connectivity index (χ2v) is 5.22. The molecule has 1 aliphatic carbocycles. The fraction of sp³-hybridized carbons (Fsp3) is 0.462. The molecule has 1 amide bonds. The molecule has 0 aromatic heterocycles. The highest BCUT2D eigenvalue weighted by Gasteiger charge is 2.38. The Balaban J connectivity index is 2.14. The SMILES string of the molecule is CC(C)(NC(=O)c1cc(N)cc(F)c1)C1CC1. The molecule has 17 heavy (non-hydrogen) atoms. The lowest BCUT2D eigenvalue weighted by Crippen LogP contribution is -2.45. The summed E-state index contributed by atoms with van der Waals surface area (Å²) in [5, 5.41) is 2.93. The number of carbonyl (C=O) groups excluding carboxylic acids is 1. The van der Waals surface area contributed by atoms with Crippen molar-refractivity contribution in [2.24, 2.45) is 5.92 Å². The van der Waals surface area contributed by atoms with E-state index in [0.717, 1.165) is 12.8 Å². The normalized spacial score (nSPS) is 15.7. The summed E-state index contributed by atoms with van der Waals surface area (Å²) < 4.78 is 13.1. The number of nitrogen functional groups attached to an aromatic ring is 1. The van der Waals surface area contributed by atoms with Crippen molar-refractivity contribution >= 4 is 11.6 Å². The molecule has 4 heteroatoms. The van der Waals surface area contributed by atoms with Crippen LogP contribution in [0.15, 0.2) is 18.2 Å². The van der Waals surface area contributed by atoms with E-state index in [2.05, 4.69) is 5.32 Å². The molecule has 0 radical (unpaired) electrons. The van der Waals surface area contributed by atoms with Gasteiger partial charge in [-0.15, -0.1) is 0 Å². The summed E-state index contributed by atoms with van der Waals surface area (Å²) in [5.74, 6) is -0.232. The minimum atomic E-state index is -0.487. The van der Waals surface area contributed by atoms with Crippen molar-refractivity contribution in [2.75, 3.05) is 5.73 Å². The maximum Gasteiger partial charge on any atom is 0.251 e. The molecule has 1 saturated carbocycles. The number of hydrogen-bond donors (Lipinski definition) is 2. The van der Waals surface area contributed by atoms with Crippen molar-refractivity contribution in [2.45, 2.75) is 32.2 Å². The van der Waals surface area contributed by atoms with Gasteiger partial charge in [-0.2, -0.15) is 0 Å². The number of rotatable bonds is 3. The highest BCUT2D eigenvalue weighted by atomic mass is 19.1. The van der Waals surface area contributed by atoms with Crippen LogP contribution in [0.4, 0.5) is 10.1 Å². The molecule has 0 spiro atoms. The molecule has 0 heterocycles. The average Bonchev–Trinajstić information content (AvgIpc) is 2.98. The zero-order valence-corrected chi connectivity index (χ0v) is 10.1. The summed E-state index contributed by atoms with van der Waals surface area (Å²) in [4.78, 5) is 12.0. The molecule has 0 bridgehead atoms. The first-order valence-corrected chi connectivity index (χ1v) is 5.77. The maximum atomic E-state index is 13.1. The Hall–Kier alpha value is -1.58. The number of nitrogens with one attached hydrogen (secondary N) is 1. The topological polar surface area (TPSA) is 55.1 Å². The standard InChI is InChI=1S/C13H17FN2O/c1-13(2,9-3-4-9)16-12(17)8-5-10(14)7-11(15)6-8/h5-7,9H,3-4,15H2,1-2H3,(H,16,17). The van der Waals surface area contributed by atoms with E-state index in [1.807, 2.05) is 13.8 Å². The Morgan fingerprint density at radius 3 is 2.59 bits per heavy atom. The molecule has 3 nitrogen and oxygen atoms in total. The zero-order chi connectivity index (χ0) is 12.6. The van der Waals surface area contributed by atoms with Crippen molar-refractivity contribution in [3.63, 3.8) is 0 Å². The van der Waals surface area contributed by atoms with Crippen LogP contribution in [-0.2, 0) is 0 Å². The highest BCUT2D eigenvalue weighted by Crippen LogP contribution is 2.39. The third-order valence-electron chi connectivity index (χ3n) is 3.22. The van der Waals surface area contributed by atoms with Crippen molar-refractivity contribution in [3.05, 3.63) is 29.6 Å². The Morgan fingerprint density at radius 1 is 1.41 bits per heavy atom. The van der Waals surface area contributed by atoms with Crippen molar-refractivity contribution in [1.82, 2.24) is 5.32 Å². The van der Waals surface area contributed by atoms with Crippen LogP contribution in [0, 0.1) is 11.7 Å². The fourth-order valence-corrected chi connectivity index (χ4v) is 2.02. The molecule has 92 valence electrons. The summed E-state index contributed by atoms with van der Waals surface area (Å²) in [7, 11) is 0. The van der Waals surface area contributed by atoms with E-state index in [1.54, 1.807) is 0 Å². The van der Waals surface area contributed by atoms with E-state index in [9.17, 15) is 9.18 Å². The predicted octanol–water partition coefficient (Wildman–Crippen LogP) is 2.33. The second-order valence-electron chi connectivity index (χ2n) is 5.22. The first-order chi connectivity index (χ1) is 7.88. The monoisotopic (exact) mass is 236 g/mol. The summed E-state index contributed by atoms with van der Waals surface area (Å²) in [6.07, 6.45) is 2.27. The first kappa shape index (κ1) is 11.9. The van der Waals surface area contributed by atoms with Gasteiger partial charge >= 0.3 is 0 Å². The summed E-state index contributed by atoms with van der Waals surface area (Å²) >= 11 is 0. The van der Waals surface area contributed by atoms with Crippen LogP contribution in [0.25, 0.3) is 0 Å². The lowest BCUT2D eigenvalue weighted by molar-refractivity contribution is 0.0903. The molecule has 1 fully saturated rings. The third-order valence-corrected chi connectivity index (χ3v) is 3.22. The van der Waals surface area contributed by atoms with E-state index < -0.39 is 5.82 Å². The summed E-state index contributed by atoms with van der Waals surface area (Å²) in [5.41, 5.74) is 5.81. The van der Waals surface area contributed by atoms with Crippen LogP contribution in [-0.4, -0.2) is 11.4 Å². The van der Waals surface area contributed by atoms with E-state index in [-0.39, 0.29) is 22.7 Å². The first-order valence-electron chi connectivity index (χ1n) is 5.77. The number of halogens is 1. The van der Waals surface area contributed by atoms with Crippen LogP contribution in [0.1, 0.15) is 37.0 Å². The average molecular weight is 236 g/mol. The largest absolute Gasteiger partial charge is 0.399 e. The van der Waals surface area contributed by atoms with Gasteiger partial charge in [0.25, 0.3) is 5.91 Å². The quantitative estimate of drug-likeness (QED) is 0.791. The van der Waals surface area contributed by atoms with Crippen molar-refractivity contribution < 1.29 is 9.18 Å². The van der Waals surface area contributed by atoms with E-state index in [0.29, 0.717) is 5.92 Å². The molecule has 3 N–H and O–H groups in total. The van der Waals surface area contributed by atoms with Gasteiger partial charge in [-0.05, 0) is 50.8 Å². The molecular weight excluding hydrogens is 219 g/mol. The number of carbonyl (C=O) groups is 1. The van der Waals surface area contributed by atoms with Gasteiger partial charge in [-0.25, -0.2) is 4.39 Å². The third kappa shape index (κ3) is 2.75. The molecule has 1 aromatic rings. The molecule has 0 atom stereocenters. The molecule has 2 rings (SSSR count). The molecule has 0 saturated heterocycles. The van der Waals surface area contributed by atoms with Gasteiger partial charge in [0.05, 0.1) is 0 Å². The molecular formula is C13H17FN2O. The number of nitrogens with two attached hydrogens (primary N) is 1. The van der Waals surface area contributed by atoms with Gasteiger partial charge in [-0.1, -0.05) is 0 Å². The van der Waals surface area contributed by atoms with Gasteiger partial charge in [0.1, 0.15) is 5.82 Å². The van der Waals surface area contributed by atoms with E-state index in [1.165, 1.54) is 18.2 Å². The lowest BCUT2D eigenvalue weighted by atomic mass is 9.98. The van der Waals surface area contributed by atoms with Crippen molar-refractivity contribution in [1.29, 1.82) is 0 Å². The molecule has 1 aliphatic rings. The van der Waals surface area contributed by atoms with Gasteiger partial charge < -0.3 is 11.1 Å². The minimum Gasteiger partial charge on any atom is -0.399 e. The maximum absolute atomic E-state index is 13.1. The van der Waals surface area contributed by atoms with Gasteiger partial charge in [0.15, 0.2) is 0 Å². The molecule has 0 unspecified atom stereocenters. The van der Waals surface area contributed by atoms with Crippen LogP contribution in [0.2, 0.25) is 0 Å². The van der Waals surface area contributed by atoms with E-state index in [4.69, 9.17) is 5.73 Å². The zero-order valence-electron chi connectivity index (χ0n) is 10.1. The number of amides is 1. The fourth-order valence-electron chi connectivity index (χ4n) is 2.02. The number of benzene rings is 1. The Morgan fingerprint density at radius 2 is 2.06 bits per heavy atom. The lowest BCUT2D eigenvalue weighted by Gasteiger charge is -2.26.